The average molecular weight is 333 g/mol. The van der Waals surface area contributed by atoms with Crippen LogP contribution in [0.25, 0.3) is 0 Å². The maximum atomic E-state index is 13.5. The Kier molecular flexibility index (Phi) is 5.17. The first kappa shape index (κ1) is 16.5. The summed E-state index contributed by atoms with van der Waals surface area (Å²) in [4.78, 5) is 1.97. The van der Waals surface area contributed by atoms with Crippen LogP contribution in [0, 0.1) is 5.82 Å². The highest BCUT2D eigenvalue weighted by atomic mass is 19.1. The Morgan fingerprint density at radius 2 is 2.00 bits per heavy atom. The zero-order valence-electron chi connectivity index (χ0n) is 13.4. The van der Waals surface area contributed by atoms with Crippen LogP contribution in [-0.2, 0) is 6.54 Å². The average Bonchev–Trinajstić information content (AvgIpc) is 3.01. The van der Waals surface area contributed by atoms with Crippen molar-refractivity contribution in [2.45, 2.75) is 12.6 Å². The summed E-state index contributed by atoms with van der Waals surface area (Å²) in [5.41, 5.74) is 1.06. The van der Waals surface area contributed by atoms with Gasteiger partial charge in [0.05, 0.1) is 0 Å². The van der Waals surface area contributed by atoms with Crippen LogP contribution < -0.4 is 14.2 Å². The summed E-state index contributed by atoms with van der Waals surface area (Å²) < 4.78 is 29.4. The first-order valence-corrected chi connectivity index (χ1v) is 7.74. The summed E-state index contributed by atoms with van der Waals surface area (Å²) in [6, 6.07) is 11.9. The van der Waals surface area contributed by atoms with E-state index in [1.165, 1.54) is 6.07 Å². The van der Waals surface area contributed by atoms with Gasteiger partial charge >= 0.3 is 0 Å². The Balaban J connectivity index is 1.47. The van der Waals surface area contributed by atoms with Gasteiger partial charge in [0.25, 0.3) is 0 Å². The molecular formula is C18H20FNO4. The summed E-state index contributed by atoms with van der Waals surface area (Å²) in [5, 5.41) is 10.1. The lowest BCUT2D eigenvalue weighted by Crippen LogP contribution is -2.32. The van der Waals surface area contributed by atoms with Gasteiger partial charge in [0.15, 0.2) is 23.1 Å². The Bertz CT molecular complexity index is 694. The van der Waals surface area contributed by atoms with Crippen molar-refractivity contribution in [1.82, 2.24) is 4.90 Å². The fraction of sp³-hybridized carbons (Fsp3) is 0.333. The van der Waals surface area contributed by atoms with Crippen LogP contribution in [0.2, 0.25) is 0 Å². The summed E-state index contributed by atoms with van der Waals surface area (Å²) in [7, 11) is 1.90. The van der Waals surface area contributed by atoms with Gasteiger partial charge in [0.1, 0.15) is 12.7 Å². The van der Waals surface area contributed by atoms with E-state index in [-0.39, 0.29) is 19.1 Å². The zero-order chi connectivity index (χ0) is 16.9. The van der Waals surface area contributed by atoms with Gasteiger partial charge in [-0.1, -0.05) is 18.2 Å². The summed E-state index contributed by atoms with van der Waals surface area (Å²) in [6.07, 6.45) is -0.719. The second kappa shape index (κ2) is 7.51. The van der Waals surface area contributed by atoms with Gasteiger partial charge in [-0.05, 0) is 36.9 Å². The molecule has 2 aromatic carbocycles. The van der Waals surface area contributed by atoms with E-state index in [2.05, 4.69) is 0 Å². The minimum atomic E-state index is -0.719. The monoisotopic (exact) mass is 333 g/mol. The number of aliphatic hydroxyl groups excluding tert-OH is 1. The molecule has 0 amide bonds. The molecule has 0 radical (unpaired) electrons. The third kappa shape index (κ3) is 4.15. The highest BCUT2D eigenvalue weighted by Crippen LogP contribution is 2.32. The number of aliphatic hydroxyl groups is 1. The van der Waals surface area contributed by atoms with E-state index in [1.54, 1.807) is 18.2 Å². The molecule has 1 heterocycles. The van der Waals surface area contributed by atoms with Gasteiger partial charge in [-0.3, -0.25) is 4.90 Å². The summed E-state index contributed by atoms with van der Waals surface area (Å²) in [5.74, 6) is 1.21. The van der Waals surface area contributed by atoms with E-state index in [9.17, 15) is 9.50 Å². The van der Waals surface area contributed by atoms with Crippen molar-refractivity contribution in [3.05, 3.63) is 53.8 Å². The number of rotatable bonds is 7. The smallest absolute Gasteiger partial charge is 0.231 e. The molecule has 0 saturated heterocycles. The van der Waals surface area contributed by atoms with E-state index >= 15 is 0 Å². The number of hydrogen-bond donors (Lipinski definition) is 1. The third-order valence-corrected chi connectivity index (χ3v) is 3.68. The number of ether oxygens (including phenoxy) is 3. The molecule has 6 heteroatoms. The molecule has 24 heavy (non-hydrogen) atoms. The molecule has 128 valence electrons. The molecule has 0 aromatic heterocycles. The van der Waals surface area contributed by atoms with Crippen molar-refractivity contribution < 1.29 is 23.7 Å². The van der Waals surface area contributed by atoms with Crippen LogP contribution in [0.4, 0.5) is 4.39 Å². The molecule has 0 spiro atoms. The Labute approximate surface area is 140 Å². The van der Waals surface area contributed by atoms with Crippen LogP contribution in [0.1, 0.15) is 5.56 Å². The van der Waals surface area contributed by atoms with Gasteiger partial charge < -0.3 is 19.3 Å². The number of likely N-dealkylation sites (N-methyl/N-ethyl adjacent to an activating group) is 1. The normalized spacial score (nSPS) is 14.0. The highest BCUT2D eigenvalue weighted by Gasteiger charge is 2.15. The predicted octanol–water partition coefficient (Wildman–Crippen LogP) is 2.43. The molecule has 0 saturated carbocycles. The molecule has 0 aliphatic carbocycles. The minimum Gasteiger partial charge on any atom is -0.488 e. The van der Waals surface area contributed by atoms with Crippen molar-refractivity contribution in [3.63, 3.8) is 0 Å². The van der Waals surface area contributed by atoms with Crippen molar-refractivity contribution in [2.24, 2.45) is 0 Å². The molecule has 1 aliphatic heterocycles. The van der Waals surface area contributed by atoms with E-state index in [1.807, 2.05) is 30.1 Å². The number of fused-ring (bicyclic) bond motifs is 1. The molecule has 0 fully saturated rings. The standard InChI is InChI=1S/C18H20FNO4/c1-20(9-13-6-7-17-18(8-13)24-12-23-17)10-14(21)11-22-16-5-3-2-4-15(16)19/h2-8,14,21H,9-12H2,1H3/t14-/m0/s1. The summed E-state index contributed by atoms with van der Waals surface area (Å²) in [6.45, 7) is 1.34. The molecule has 0 bridgehead atoms. The fourth-order valence-corrected chi connectivity index (χ4v) is 2.58. The highest BCUT2D eigenvalue weighted by molar-refractivity contribution is 5.44. The lowest BCUT2D eigenvalue weighted by molar-refractivity contribution is 0.0728. The van der Waals surface area contributed by atoms with Crippen molar-refractivity contribution in [3.8, 4) is 17.2 Å². The number of para-hydroxylation sites is 1. The third-order valence-electron chi connectivity index (χ3n) is 3.68. The first-order valence-electron chi connectivity index (χ1n) is 7.74. The topological polar surface area (TPSA) is 51.2 Å². The molecule has 5 nitrogen and oxygen atoms in total. The molecular weight excluding hydrogens is 313 g/mol. The van der Waals surface area contributed by atoms with Gasteiger partial charge in [-0.15, -0.1) is 0 Å². The lowest BCUT2D eigenvalue weighted by Gasteiger charge is -2.21. The van der Waals surface area contributed by atoms with E-state index in [0.717, 1.165) is 17.1 Å². The van der Waals surface area contributed by atoms with Crippen molar-refractivity contribution in [1.29, 1.82) is 0 Å². The van der Waals surface area contributed by atoms with Crippen LogP contribution in [0.5, 0.6) is 17.2 Å². The SMILES string of the molecule is CN(Cc1ccc2c(c1)OCO2)C[C@H](O)COc1ccccc1F. The van der Waals surface area contributed by atoms with Crippen molar-refractivity contribution >= 4 is 0 Å². The fourth-order valence-electron chi connectivity index (χ4n) is 2.58. The number of nitrogens with zero attached hydrogens (tertiary/aromatic N) is 1. The minimum absolute atomic E-state index is 0.0341. The number of benzene rings is 2. The van der Waals surface area contributed by atoms with Crippen LogP contribution in [-0.4, -0.2) is 43.1 Å². The first-order chi connectivity index (χ1) is 11.6. The second-order valence-corrected chi connectivity index (χ2v) is 5.78. The predicted molar refractivity (Wildman–Crippen MR) is 86.8 cm³/mol. The Morgan fingerprint density at radius 1 is 1.21 bits per heavy atom. The molecule has 2 aromatic rings. The van der Waals surface area contributed by atoms with Crippen LogP contribution in [0.3, 0.4) is 0 Å². The molecule has 1 N–H and O–H groups in total. The Morgan fingerprint density at radius 3 is 2.83 bits per heavy atom. The quantitative estimate of drug-likeness (QED) is 0.843. The van der Waals surface area contributed by atoms with E-state index < -0.39 is 11.9 Å². The maximum Gasteiger partial charge on any atom is 0.231 e. The molecule has 1 atom stereocenters. The van der Waals surface area contributed by atoms with Gasteiger partial charge in [-0.25, -0.2) is 4.39 Å². The van der Waals surface area contributed by atoms with Gasteiger partial charge in [0.2, 0.25) is 6.79 Å². The maximum absolute atomic E-state index is 13.5. The zero-order valence-corrected chi connectivity index (χ0v) is 13.4. The molecule has 3 rings (SSSR count). The van der Waals surface area contributed by atoms with Crippen LogP contribution in [0.15, 0.2) is 42.5 Å². The van der Waals surface area contributed by atoms with E-state index in [4.69, 9.17) is 14.2 Å². The molecule has 1 aliphatic rings. The van der Waals surface area contributed by atoms with Gasteiger partial charge in [-0.2, -0.15) is 0 Å². The second-order valence-electron chi connectivity index (χ2n) is 5.78. The lowest BCUT2D eigenvalue weighted by atomic mass is 10.2. The summed E-state index contributed by atoms with van der Waals surface area (Å²) >= 11 is 0. The van der Waals surface area contributed by atoms with E-state index in [0.29, 0.717) is 13.1 Å². The largest absolute Gasteiger partial charge is 0.488 e. The molecule has 0 unspecified atom stereocenters. The Hall–Kier alpha value is -2.31. The van der Waals surface area contributed by atoms with Gasteiger partial charge in [0, 0.05) is 13.1 Å². The van der Waals surface area contributed by atoms with Crippen LogP contribution >= 0.6 is 0 Å². The number of hydrogen-bond acceptors (Lipinski definition) is 5. The number of halogens is 1. The van der Waals surface area contributed by atoms with Crippen molar-refractivity contribution in [2.75, 3.05) is 27.0 Å².